The first kappa shape index (κ1) is 25.2. The highest BCUT2D eigenvalue weighted by atomic mass is 127. The van der Waals surface area contributed by atoms with Crippen molar-refractivity contribution in [2.24, 2.45) is 4.99 Å². The Labute approximate surface area is 185 Å². The third kappa shape index (κ3) is 8.68. The number of amides is 1. The Morgan fingerprint density at radius 3 is 2.36 bits per heavy atom. The van der Waals surface area contributed by atoms with Gasteiger partial charge in [0.15, 0.2) is 15.8 Å². The Morgan fingerprint density at radius 2 is 1.82 bits per heavy atom. The zero-order chi connectivity index (χ0) is 20.1. The number of ether oxygens (including phenoxy) is 1. The van der Waals surface area contributed by atoms with Gasteiger partial charge in [-0.1, -0.05) is 0 Å². The van der Waals surface area contributed by atoms with Crippen molar-refractivity contribution in [2.75, 3.05) is 57.3 Å². The number of carbonyl (C=O) groups is 1. The minimum absolute atomic E-state index is 0. The van der Waals surface area contributed by atoms with Crippen molar-refractivity contribution >= 4 is 45.9 Å². The molecule has 2 saturated heterocycles. The highest BCUT2D eigenvalue weighted by Gasteiger charge is 2.34. The van der Waals surface area contributed by atoms with E-state index in [1.165, 1.54) is 0 Å². The van der Waals surface area contributed by atoms with Crippen LogP contribution in [-0.4, -0.2) is 99.2 Å². The topological polar surface area (TPSA) is 103 Å². The first-order valence-electron chi connectivity index (χ1n) is 9.53. The molecule has 0 aliphatic carbocycles. The van der Waals surface area contributed by atoms with E-state index >= 15 is 0 Å². The summed E-state index contributed by atoms with van der Waals surface area (Å²) in [6.45, 7) is 12.0. The van der Waals surface area contributed by atoms with Crippen LogP contribution in [0.5, 0.6) is 0 Å². The second kappa shape index (κ2) is 10.8. The Kier molecular flexibility index (Phi) is 9.74. The molecular weight excluding hydrogens is 497 g/mol. The normalized spacial score (nSPS) is 20.7. The summed E-state index contributed by atoms with van der Waals surface area (Å²) >= 11 is 0. The van der Waals surface area contributed by atoms with Crippen molar-refractivity contribution in [3.8, 4) is 0 Å². The number of guanidine groups is 1. The van der Waals surface area contributed by atoms with Gasteiger partial charge in [0.2, 0.25) is 0 Å². The van der Waals surface area contributed by atoms with Crippen LogP contribution in [0.1, 0.15) is 27.7 Å². The van der Waals surface area contributed by atoms with Crippen LogP contribution in [0.4, 0.5) is 4.79 Å². The third-order valence-electron chi connectivity index (χ3n) is 4.34. The average Bonchev–Trinajstić information content (AvgIpc) is 2.50. The van der Waals surface area contributed by atoms with Crippen molar-refractivity contribution in [3.63, 3.8) is 0 Å². The smallest absolute Gasteiger partial charge is 0.410 e. The van der Waals surface area contributed by atoms with Gasteiger partial charge in [-0.25, -0.2) is 13.2 Å². The van der Waals surface area contributed by atoms with Crippen LogP contribution in [-0.2, 0) is 14.6 Å². The van der Waals surface area contributed by atoms with Crippen LogP contribution in [0, 0.1) is 0 Å². The summed E-state index contributed by atoms with van der Waals surface area (Å²) in [5, 5.41) is 6.53. The molecule has 164 valence electrons. The van der Waals surface area contributed by atoms with Gasteiger partial charge in [0.25, 0.3) is 0 Å². The summed E-state index contributed by atoms with van der Waals surface area (Å²) in [6.07, 6.45) is -0.289. The molecule has 2 heterocycles. The number of likely N-dealkylation sites (tertiary alicyclic amines) is 1. The van der Waals surface area contributed by atoms with Gasteiger partial charge >= 0.3 is 6.09 Å². The van der Waals surface area contributed by atoms with Crippen molar-refractivity contribution in [3.05, 3.63) is 0 Å². The predicted octanol–water partition coefficient (Wildman–Crippen LogP) is 0.509. The Hall–Kier alpha value is -0.820. The largest absolute Gasteiger partial charge is 0.444 e. The fourth-order valence-electron chi connectivity index (χ4n) is 2.84. The number of nitrogens with zero attached hydrogens (tertiary/aromatic N) is 3. The van der Waals surface area contributed by atoms with E-state index in [0.29, 0.717) is 32.7 Å². The van der Waals surface area contributed by atoms with Gasteiger partial charge in [-0.15, -0.1) is 24.0 Å². The molecular formula is C17H34IN5O4S. The molecule has 2 rings (SSSR count). The van der Waals surface area contributed by atoms with Gasteiger partial charge < -0.3 is 20.3 Å². The second-order valence-corrected chi connectivity index (χ2v) is 10.3. The standard InChI is InChI=1S/C17H33N5O4S.HI/c1-5-18-15(19-6-7-21-8-10-27(24,25)11-9-21)20-14-12-22(13-14)16(23)26-17(2,3)4;/h14H,5-13H2,1-4H3,(H2,18,19,20);1H. The molecule has 0 radical (unpaired) electrons. The molecule has 28 heavy (non-hydrogen) atoms. The first-order chi connectivity index (χ1) is 12.6. The molecule has 0 bridgehead atoms. The summed E-state index contributed by atoms with van der Waals surface area (Å²) < 4.78 is 28.3. The van der Waals surface area contributed by atoms with Crippen LogP contribution in [0.15, 0.2) is 4.99 Å². The lowest BCUT2D eigenvalue weighted by Crippen LogP contribution is -2.63. The summed E-state index contributed by atoms with van der Waals surface area (Å²) in [6, 6.07) is 0.149. The minimum Gasteiger partial charge on any atom is -0.444 e. The molecule has 0 aromatic carbocycles. The monoisotopic (exact) mass is 531 g/mol. The minimum atomic E-state index is -2.85. The lowest BCUT2D eigenvalue weighted by Gasteiger charge is -2.40. The molecule has 9 nitrogen and oxygen atoms in total. The highest BCUT2D eigenvalue weighted by molar-refractivity contribution is 14.0. The number of rotatable bonds is 5. The molecule has 0 atom stereocenters. The molecule has 0 saturated carbocycles. The van der Waals surface area contributed by atoms with Crippen molar-refractivity contribution in [1.29, 1.82) is 0 Å². The molecule has 0 aromatic heterocycles. The van der Waals surface area contributed by atoms with Crippen molar-refractivity contribution in [2.45, 2.75) is 39.3 Å². The number of carbonyl (C=O) groups excluding carboxylic acids is 1. The summed E-state index contributed by atoms with van der Waals surface area (Å²) in [5.74, 6) is 1.19. The molecule has 2 aliphatic rings. The Bertz CT molecular complexity index is 630. The van der Waals surface area contributed by atoms with Crippen molar-refractivity contribution in [1.82, 2.24) is 20.4 Å². The lowest BCUT2D eigenvalue weighted by atomic mass is 10.1. The first-order valence-corrected chi connectivity index (χ1v) is 11.4. The van der Waals surface area contributed by atoms with Gasteiger partial charge in [0, 0.05) is 39.3 Å². The van der Waals surface area contributed by atoms with E-state index in [1.54, 1.807) is 4.90 Å². The number of halogens is 1. The van der Waals surface area contributed by atoms with Gasteiger partial charge in [0.05, 0.1) is 24.1 Å². The van der Waals surface area contributed by atoms with Crippen LogP contribution < -0.4 is 10.6 Å². The van der Waals surface area contributed by atoms with E-state index in [-0.39, 0.29) is 47.6 Å². The quantitative estimate of drug-likeness (QED) is 0.303. The maximum atomic E-state index is 12.0. The van der Waals surface area contributed by atoms with E-state index in [4.69, 9.17) is 4.74 Å². The maximum Gasteiger partial charge on any atom is 0.410 e. The molecule has 0 unspecified atom stereocenters. The van der Waals surface area contributed by atoms with Crippen LogP contribution >= 0.6 is 24.0 Å². The highest BCUT2D eigenvalue weighted by Crippen LogP contribution is 2.15. The third-order valence-corrected chi connectivity index (χ3v) is 5.95. The van der Waals surface area contributed by atoms with E-state index in [1.807, 2.05) is 27.7 Å². The predicted molar refractivity (Wildman–Crippen MR) is 121 cm³/mol. The van der Waals surface area contributed by atoms with Gasteiger partial charge in [-0.3, -0.25) is 9.89 Å². The molecule has 1 amide bonds. The molecule has 0 spiro atoms. The molecule has 2 N–H and O–H groups in total. The molecule has 0 aromatic rings. The lowest BCUT2D eigenvalue weighted by molar-refractivity contribution is 0.00700. The zero-order valence-electron chi connectivity index (χ0n) is 17.2. The number of nitrogens with one attached hydrogen (secondary N) is 2. The Balaban J connectivity index is 0.00000392. The zero-order valence-corrected chi connectivity index (χ0v) is 20.4. The van der Waals surface area contributed by atoms with Crippen LogP contribution in [0.2, 0.25) is 0 Å². The van der Waals surface area contributed by atoms with E-state index < -0.39 is 15.4 Å². The Morgan fingerprint density at radius 1 is 1.21 bits per heavy atom. The van der Waals surface area contributed by atoms with Crippen LogP contribution in [0.3, 0.4) is 0 Å². The maximum absolute atomic E-state index is 12.0. The van der Waals surface area contributed by atoms with E-state index in [9.17, 15) is 13.2 Å². The number of sulfone groups is 1. The summed E-state index contributed by atoms with van der Waals surface area (Å²) in [5.41, 5.74) is -0.486. The molecule has 2 fully saturated rings. The second-order valence-electron chi connectivity index (χ2n) is 7.98. The molecule has 2 aliphatic heterocycles. The summed E-state index contributed by atoms with van der Waals surface area (Å²) in [7, 11) is -2.85. The fraction of sp³-hybridized carbons (Fsp3) is 0.882. The van der Waals surface area contributed by atoms with Gasteiger partial charge in [-0.05, 0) is 27.7 Å². The van der Waals surface area contributed by atoms with Crippen LogP contribution in [0.25, 0.3) is 0 Å². The van der Waals surface area contributed by atoms with Gasteiger partial charge in [-0.2, -0.15) is 0 Å². The number of hydrogen-bond acceptors (Lipinski definition) is 6. The van der Waals surface area contributed by atoms with E-state index in [2.05, 4.69) is 20.5 Å². The average molecular weight is 531 g/mol. The number of hydrogen-bond donors (Lipinski definition) is 2. The summed E-state index contributed by atoms with van der Waals surface area (Å²) in [4.78, 5) is 20.3. The fourth-order valence-corrected chi connectivity index (χ4v) is 4.11. The van der Waals surface area contributed by atoms with E-state index in [0.717, 1.165) is 19.0 Å². The molecule has 11 heteroatoms. The SMILES string of the molecule is CCNC(=NCCN1CCS(=O)(=O)CC1)NC1CN(C(=O)OC(C)(C)C)C1.I. The van der Waals surface area contributed by atoms with Gasteiger partial charge in [0.1, 0.15) is 5.60 Å². The van der Waals surface area contributed by atoms with Crippen molar-refractivity contribution < 1.29 is 17.9 Å². The number of aliphatic imine (C=N–C) groups is 1.